The van der Waals surface area contributed by atoms with E-state index in [1.807, 2.05) is 19.0 Å². The van der Waals surface area contributed by atoms with Gasteiger partial charge in [0, 0.05) is 26.0 Å². The van der Waals surface area contributed by atoms with Gasteiger partial charge in [0.1, 0.15) is 5.82 Å². The van der Waals surface area contributed by atoms with Crippen molar-refractivity contribution in [3.05, 3.63) is 53.9 Å². The van der Waals surface area contributed by atoms with Gasteiger partial charge < -0.3 is 9.47 Å². The van der Waals surface area contributed by atoms with Crippen molar-refractivity contribution < 1.29 is 9.18 Å². The summed E-state index contributed by atoms with van der Waals surface area (Å²) in [6.07, 6.45) is 3.34. The number of Topliss-reactive ketones (excluding diaryl/α,β-unsaturated/α-hetero) is 1. The van der Waals surface area contributed by atoms with Gasteiger partial charge in [-0.05, 0) is 31.8 Å². The predicted molar refractivity (Wildman–Crippen MR) is 75.2 cm³/mol. The van der Waals surface area contributed by atoms with Gasteiger partial charge in [0.2, 0.25) is 5.78 Å². The van der Waals surface area contributed by atoms with Crippen molar-refractivity contribution in [1.82, 2.24) is 14.5 Å². The first-order chi connectivity index (χ1) is 9.49. The van der Waals surface area contributed by atoms with Crippen molar-refractivity contribution in [3.8, 4) is 0 Å². The van der Waals surface area contributed by atoms with Crippen molar-refractivity contribution in [3.63, 3.8) is 0 Å². The Morgan fingerprint density at radius 3 is 2.50 bits per heavy atom. The second kappa shape index (κ2) is 5.96. The molecule has 0 aliphatic carbocycles. The smallest absolute Gasteiger partial charge is 0.206 e. The molecule has 0 saturated carbocycles. The molecular weight excluding hydrogens is 257 g/mol. The maximum atomic E-state index is 13.0. The average Bonchev–Trinajstić information content (AvgIpc) is 2.82. The molecule has 0 bridgehead atoms. The summed E-state index contributed by atoms with van der Waals surface area (Å²) >= 11 is 0. The summed E-state index contributed by atoms with van der Waals surface area (Å²) in [5.74, 6) is -0.299. The van der Waals surface area contributed by atoms with Gasteiger partial charge in [0.05, 0.1) is 5.92 Å². The Kier molecular flexibility index (Phi) is 4.29. The third kappa shape index (κ3) is 3.11. The van der Waals surface area contributed by atoms with Crippen molar-refractivity contribution in [1.29, 1.82) is 0 Å². The number of hydrogen-bond acceptors (Lipinski definition) is 3. The molecule has 0 saturated heterocycles. The zero-order valence-electron chi connectivity index (χ0n) is 11.9. The Hall–Kier alpha value is -2.01. The molecule has 2 rings (SSSR count). The van der Waals surface area contributed by atoms with Crippen LogP contribution in [-0.2, 0) is 7.05 Å². The fraction of sp³-hybridized carbons (Fsp3) is 0.333. The Morgan fingerprint density at radius 1 is 1.35 bits per heavy atom. The van der Waals surface area contributed by atoms with E-state index in [1.165, 1.54) is 12.1 Å². The molecule has 0 radical (unpaired) electrons. The molecule has 0 spiro atoms. The van der Waals surface area contributed by atoms with E-state index in [4.69, 9.17) is 0 Å². The first-order valence-corrected chi connectivity index (χ1v) is 6.40. The number of carbonyl (C=O) groups excluding carboxylic acids is 1. The van der Waals surface area contributed by atoms with Crippen LogP contribution in [0.25, 0.3) is 0 Å². The zero-order chi connectivity index (χ0) is 14.7. The van der Waals surface area contributed by atoms with Gasteiger partial charge in [-0.15, -0.1) is 0 Å². The van der Waals surface area contributed by atoms with Gasteiger partial charge >= 0.3 is 0 Å². The second-order valence-electron chi connectivity index (χ2n) is 5.09. The van der Waals surface area contributed by atoms with E-state index in [1.54, 1.807) is 36.1 Å². The molecule has 1 aromatic heterocycles. The number of imidazole rings is 1. The van der Waals surface area contributed by atoms with Crippen molar-refractivity contribution in [2.24, 2.45) is 7.05 Å². The van der Waals surface area contributed by atoms with Crippen LogP contribution in [0.3, 0.4) is 0 Å². The van der Waals surface area contributed by atoms with Crippen LogP contribution < -0.4 is 0 Å². The molecule has 0 aliphatic rings. The quantitative estimate of drug-likeness (QED) is 0.784. The molecule has 1 unspecified atom stereocenters. The molecule has 1 atom stereocenters. The molecule has 0 fully saturated rings. The summed E-state index contributed by atoms with van der Waals surface area (Å²) in [5.41, 5.74) is 0.799. The van der Waals surface area contributed by atoms with Crippen LogP contribution in [0.1, 0.15) is 22.1 Å². The highest BCUT2D eigenvalue weighted by molar-refractivity contribution is 5.98. The lowest BCUT2D eigenvalue weighted by Crippen LogP contribution is -2.27. The van der Waals surface area contributed by atoms with E-state index in [0.717, 1.165) is 5.56 Å². The number of likely N-dealkylation sites (N-methyl/N-ethyl adjacent to an activating group) is 1. The molecule has 5 heteroatoms. The molecule has 0 N–H and O–H groups in total. The summed E-state index contributed by atoms with van der Waals surface area (Å²) in [5, 5.41) is 0. The standard InChI is InChI=1S/C15H18FN3O/c1-18(2)10-13(11-4-6-12(16)7-5-11)14(20)15-17-8-9-19(15)3/h4-9,13H,10H2,1-3H3. The first kappa shape index (κ1) is 14.4. The van der Waals surface area contributed by atoms with E-state index >= 15 is 0 Å². The van der Waals surface area contributed by atoms with E-state index < -0.39 is 0 Å². The number of aryl methyl sites for hydroxylation is 1. The number of hydrogen-bond donors (Lipinski definition) is 0. The van der Waals surface area contributed by atoms with E-state index in [-0.39, 0.29) is 17.5 Å². The molecule has 1 heterocycles. The fourth-order valence-corrected chi connectivity index (χ4v) is 2.16. The number of aromatic nitrogens is 2. The predicted octanol–water partition coefficient (Wildman–Crippen LogP) is 2.09. The van der Waals surface area contributed by atoms with E-state index in [2.05, 4.69) is 4.98 Å². The maximum Gasteiger partial charge on any atom is 0.206 e. The Morgan fingerprint density at radius 2 is 2.00 bits per heavy atom. The number of rotatable bonds is 5. The number of benzene rings is 1. The number of nitrogens with zero attached hydrogens (tertiary/aromatic N) is 3. The first-order valence-electron chi connectivity index (χ1n) is 6.40. The largest absolute Gasteiger partial charge is 0.332 e. The third-order valence-electron chi connectivity index (χ3n) is 3.18. The van der Waals surface area contributed by atoms with Crippen LogP contribution in [0.4, 0.5) is 4.39 Å². The third-order valence-corrected chi connectivity index (χ3v) is 3.18. The van der Waals surface area contributed by atoms with Gasteiger partial charge in [0.15, 0.2) is 5.82 Å². The van der Waals surface area contributed by atoms with Gasteiger partial charge in [0.25, 0.3) is 0 Å². The number of halogens is 1. The van der Waals surface area contributed by atoms with Gasteiger partial charge in [-0.3, -0.25) is 4.79 Å². The fourth-order valence-electron chi connectivity index (χ4n) is 2.16. The van der Waals surface area contributed by atoms with Gasteiger partial charge in [-0.1, -0.05) is 12.1 Å². The van der Waals surface area contributed by atoms with Crippen LogP contribution in [0.15, 0.2) is 36.7 Å². The van der Waals surface area contributed by atoms with Gasteiger partial charge in [-0.2, -0.15) is 0 Å². The van der Waals surface area contributed by atoms with Crippen molar-refractivity contribution in [2.45, 2.75) is 5.92 Å². The summed E-state index contributed by atoms with van der Waals surface area (Å²) in [4.78, 5) is 18.7. The molecule has 20 heavy (non-hydrogen) atoms. The van der Waals surface area contributed by atoms with Crippen LogP contribution in [0, 0.1) is 5.82 Å². The Labute approximate surface area is 117 Å². The summed E-state index contributed by atoms with van der Waals surface area (Å²) in [6, 6.07) is 6.07. The normalized spacial score (nSPS) is 12.7. The van der Waals surface area contributed by atoms with Crippen molar-refractivity contribution >= 4 is 5.78 Å². The second-order valence-corrected chi connectivity index (χ2v) is 5.09. The Balaban J connectivity index is 2.35. The minimum Gasteiger partial charge on any atom is -0.332 e. The monoisotopic (exact) mass is 275 g/mol. The molecule has 0 amide bonds. The lowest BCUT2D eigenvalue weighted by atomic mass is 9.93. The van der Waals surface area contributed by atoms with E-state index in [9.17, 15) is 9.18 Å². The highest BCUT2D eigenvalue weighted by atomic mass is 19.1. The maximum absolute atomic E-state index is 13.0. The number of ketones is 1. The molecule has 106 valence electrons. The van der Waals surface area contributed by atoms with Crippen LogP contribution in [0.5, 0.6) is 0 Å². The lowest BCUT2D eigenvalue weighted by molar-refractivity contribution is 0.0931. The van der Waals surface area contributed by atoms with Crippen LogP contribution in [-0.4, -0.2) is 40.9 Å². The van der Waals surface area contributed by atoms with Gasteiger partial charge in [-0.25, -0.2) is 9.37 Å². The highest BCUT2D eigenvalue weighted by Gasteiger charge is 2.25. The zero-order valence-corrected chi connectivity index (χ0v) is 11.9. The SMILES string of the molecule is CN(C)CC(C(=O)c1nccn1C)c1ccc(F)cc1. The molecule has 2 aromatic rings. The van der Waals surface area contributed by atoms with Crippen LogP contribution >= 0.6 is 0 Å². The minimum absolute atomic E-state index is 0.0576. The molecule has 4 nitrogen and oxygen atoms in total. The Bertz CT molecular complexity index is 589. The lowest BCUT2D eigenvalue weighted by Gasteiger charge is -2.20. The molecular formula is C15H18FN3O. The summed E-state index contributed by atoms with van der Waals surface area (Å²) < 4.78 is 14.7. The van der Waals surface area contributed by atoms with Crippen molar-refractivity contribution in [2.75, 3.05) is 20.6 Å². The molecule has 0 aliphatic heterocycles. The van der Waals surface area contributed by atoms with Crippen LogP contribution in [0.2, 0.25) is 0 Å². The summed E-state index contributed by atoms with van der Waals surface area (Å²) in [6.45, 7) is 0.553. The highest BCUT2D eigenvalue weighted by Crippen LogP contribution is 2.21. The molecule has 1 aromatic carbocycles. The summed E-state index contributed by atoms with van der Waals surface area (Å²) in [7, 11) is 5.60. The van der Waals surface area contributed by atoms with E-state index in [0.29, 0.717) is 12.4 Å². The topological polar surface area (TPSA) is 38.1 Å². The number of carbonyl (C=O) groups is 1. The minimum atomic E-state index is -0.355. The average molecular weight is 275 g/mol.